The number of amides is 1. The molecular weight excluding hydrogens is 272 g/mol. The van der Waals surface area contributed by atoms with E-state index >= 15 is 0 Å². The largest absolute Gasteiger partial charge is 0.332 e. The van der Waals surface area contributed by atoms with Crippen molar-refractivity contribution < 1.29 is 4.79 Å². The lowest BCUT2D eigenvalue weighted by molar-refractivity contribution is -0.134. The van der Waals surface area contributed by atoms with Gasteiger partial charge in [-0.15, -0.1) is 21.5 Å². The molecule has 20 heavy (non-hydrogen) atoms. The lowest BCUT2D eigenvalue weighted by atomic mass is 10.0. The van der Waals surface area contributed by atoms with E-state index in [9.17, 15) is 4.79 Å². The fourth-order valence-electron chi connectivity index (χ4n) is 2.76. The summed E-state index contributed by atoms with van der Waals surface area (Å²) in [5.74, 6) is 1.09. The third kappa shape index (κ3) is 2.60. The summed E-state index contributed by atoms with van der Waals surface area (Å²) in [6.45, 7) is 0.821. The number of hydrogen-bond donors (Lipinski definition) is 0. The fourth-order valence-corrected chi connectivity index (χ4v) is 3.45. The molecule has 1 atom stereocenters. The van der Waals surface area contributed by atoms with Crippen molar-refractivity contribution in [3.05, 3.63) is 34.5 Å². The van der Waals surface area contributed by atoms with E-state index in [-0.39, 0.29) is 11.9 Å². The number of hydrogen-bond acceptors (Lipinski definition) is 4. The summed E-state index contributed by atoms with van der Waals surface area (Å²) >= 11 is 1.64. The molecule has 0 radical (unpaired) electrons. The Kier molecular flexibility index (Phi) is 3.82. The summed E-state index contributed by atoms with van der Waals surface area (Å²) in [5, 5.41) is 10.1. The lowest BCUT2D eigenvalue weighted by Crippen LogP contribution is -2.40. The molecule has 0 aliphatic carbocycles. The van der Waals surface area contributed by atoms with Crippen molar-refractivity contribution in [3.63, 3.8) is 0 Å². The molecule has 1 fully saturated rings. The van der Waals surface area contributed by atoms with Gasteiger partial charge in [-0.2, -0.15) is 0 Å². The number of thiophene rings is 1. The molecule has 106 valence electrons. The van der Waals surface area contributed by atoms with Crippen LogP contribution in [-0.2, 0) is 18.3 Å². The number of carbonyl (C=O) groups is 1. The van der Waals surface area contributed by atoms with Crippen LogP contribution in [0.5, 0.6) is 0 Å². The molecule has 2 aromatic heterocycles. The van der Waals surface area contributed by atoms with E-state index < -0.39 is 0 Å². The Morgan fingerprint density at radius 2 is 2.40 bits per heavy atom. The molecule has 1 saturated heterocycles. The summed E-state index contributed by atoms with van der Waals surface area (Å²) < 4.78 is 1.92. The highest BCUT2D eigenvalue weighted by molar-refractivity contribution is 7.10. The standard InChI is InChI=1S/C14H18N4OS/c1-17-10-15-16-14(17)12-6-2-3-7-18(12)13(19)9-11-5-4-8-20-11/h4-5,8,10,12H,2-3,6-7,9H2,1H3/t12-/m1/s1. The van der Waals surface area contributed by atoms with Gasteiger partial charge in [0.2, 0.25) is 5.91 Å². The Balaban J connectivity index is 1.78. The Labute approximate surface area is 122 Å². The van der Waals surface area contributed by atoms with E-state index in [2.05, 4.69) is 10.2 Å². The molecule has 0 N–H and O–H groups in total. The number of nitrogens with zero attached hydrogens (tertiary/aromatic N) is 4. The van der Waals surface area contributed by atoms with E-state index in [1.807, 2.05) is 34.0 Å². The van der Waals surface area contributed by atoms with Gasteiger partial charge in [-0.1, -0.05) is 6.07 Å². The molecule has 3 rings (SSSR count). The topological polar surface area (TPSA) is 51.0 Å². The molecule has 0 saturated carbocycles. The van der Waals surface area contributed by atoms with Gasteiger partial charge in [0.25, 0.3) is 0 Å². The molecule has 0 spiro atoms. The van der Waals surface area contributed by atoms with Crippen molar-refractivity contribution in [2.24, 2.45) is 7.05 Å². The van der Waals surface area contributed by atoms with Gasteiger partial charge in [0.1, 0.15) is 6.33 Å². The summed E-state index contributed by atoms with van der Waals surface area (Å²) in [7, 11) is 1.94. The normalized spacial score (nSPS) is 19.2. The zero-order valence-electron chi connectivity index (χ0n) is 11.5. The van der Waals surface area contributed by atoms with Gasteiger partial charge in [-0.3, -0.25) is 4.79 Å². The highest BCUT2D eigenvalue weighted by atomic mass is 32.1. The highest BCUT2D eigenvalue weighted by Gasteiger charge is 2.30. The van der Waals surface area contributed by atoms with Crippen LogP contribution in [0, 0.1) is 0 Å². The highest BCUT2D eigenvalue weighted by Crippen LogP contribution is 2.30. The van der Waals surface area contributed by atoms with Gasteiger partial charge in [0.15, 0.2) is 5.82 Å². The molecule has 5 nitrogen and oxygen atoms in total. The maximum absolute atomic E-state index is 12.6. The Bertz CT molecular complexity index is 578. The second-order valence-electron chi connectivity index (χ2n) is 5.15. The minimum atomic E-state index is 0.0729. The van der Waals surface area contributed by atoms with Gasteiger partial charge in [-0.05, 0) is 30.7 Å². The molecule has 3 heterocycles. The number of carbonyl (C=O) groups excluding carboxylic acids is 1. The van der Waals surface area contributed by atoms with Crippen molar-refractivity contribution >= 4 is 17.2 Å². The maximum atomic E-state index is 12.6. The number of likely N-dealkylation sites (tertiary alicyclic amines) is 1. The van der Waals surface area contributed by atoms with Crippen LogP contribution < -0.4 is 0 Å². The van der Waals surface area contributed by atoms with E-state index in [1.54, 1.807) is 17.7 Å². The summed E-state index contributed by atoms with van der Waals surface area (Å²) in [6.07, 6.45) is 5.38. The van der Waals surface area contributed by atoms with Crippen LogP contribution >= 0.6 is 11.3 Å². The SMILES string of the molecule is Cn1cnnc1[C@H]1CCCCN1C(=O)Cc1cccs1. The molecule has 1 aliphatic heterocycles. The Morgan fingerprint density at radius 3 is 3.10 bits per heavy atom. The summed E-state index contributed by atoms with van der Waals surface area (Å²) in [4.78, 5) is 15.7. The monoisotopic (exact) mass is 290 g/mol. The van der Waals surface area contributed by atoms with E-state index in [0.29, 0.717) is 6.42 Å². The number of aryl methyl sites for hydroxylation is 1. The summed E-state index contributed by atoms with van der Waals surface area (Å²) in [5.41, 5.74) is 0. The van der Waals surface area contributed by atoms with Crippen LogP contribution in [0.15, 0.2) is 23.8 Å². The molecule has 0 unspecified atom stereocenters. The van der Waals surface area contributed by atoms with Crippen LogP contribution in [0.4, 0.5) is 0 Å². The van der Waals surface area contributed by atoms with E-state index in [0.717, 1.165) is 36.5 Å². The second-order valence-corrected chi connectivity index (χ2v) is 6.19. The van der Waals surface area contributed by atoms with Crippen molar-refractivity contribution in [1.82, 2.24) is 19.7 Å². The number of aromatic nitrogens is 3. The van der Waals surface area contributed by atoms with E-state index in [1.165, 1.54) is 0 Å². The average Bonchev–Trinajstić information content (AvgIpc) is 3.10. The molecule has 0 aromatic carbocycles. The molecular formula is C14H18N4OS. The molecule has 1 amide bonds. The fraction of sp³-hybridized carbons (Fsp3) is 0.500. The number of piperidine rings is 1. The average molecular weight is 290 g/mol. The van der Waals surface area contributed by atoms with Crippen LogP contribution in [0.25, 0.3) is 0 Å². The third-order valence-corrected chi connectivity index (χ3v) is 4.65. The van der Waals surface area contributed by atoms with Crippen molar-refractivity contribution in [2.45, 2.75) is 31.7 Å². The predicted molar refractivity (Wildman–Crippen MR) is 77.3 cm³/mol. The second kappa shape index (κ2) is 5.75. The van der Waals surface area contributed by atoms with Gasteiger partial charge >= 0.3 is 0 Å². The summed E-state index contributed by atoms with van der Waals surface area (Å²) in [6, 6.07) is 4.08. The van der Waals surface area contributed by atoms with Crippen molar-refractivity contribution in [2.75, 3.05) is 6.54 Å². The minimum absolute atomic E-state index is 0.0729. The lowest BCUT2D eigenvalue weighted by Gasteiger charge is -2.35. The molecule has 6 heteroatoms. The van der Waals surface area contributed by atoms with Crippen molar-refractivity contribution in [1.29, 1.82) is 0 Å². The predicted octanol–water partition coefficient (Wildman–Crippen LogP) is 2.17. The first-order valence-electron chi connectivity index (χ1n) is 6.91. The van der Waals surface area contributed by atoms with Crippen LogP contribution in [0.1, 0.15) is 36.0 Å². The van der Waals surface area contributed by atoms with Gasteiger partial charge in [0, 0.05) is 18.5 Å². The maximum Gasteiger partial charge on any atom is 0.228 e. The van der Waals surface area contributed by atoms with Crippen LogP contribution in [0.3, 0.4) is 0 Å². The third-order valence-electron chi connectivity index (χ3n) is 3.77. The first kappa shape index (κ1) is 13.3. The zero-order valence-corrected chi connectivity index (χ0v) is 12.3. The zero-order chi connectivity index (χ0) is 13.9. The van der Waals surface area contributed by atoms with Crippen molar-refractivity contribution in [3.8, 4) is 0 Å². The van der Waals surface area contributed by atoms with E-state index in [4.69, 9.17) is 0 Å². The van der Waals surface area contributed by atoms with Gasteiger partial charge in [0.05, 0.1) is 12.5 Å². The minimum Gasteiger partial charge on any atom is -0.332 e. The Hall–Kier alpha value is -1.69. The van der Waals surface area contributed by atoms with Crippen LogP contribution in [-0.4, -0.2) is 32.1 Å². The molecule has 2 aromatic rings. The first-order valence-corrected chi connectivity index (χ1v) is 7.79. The van der Waals surface area contributed by atoms with Crippen LogP contribution in [0.2, 0.25) is 0 Å². The van der Waals surface area contributed by atoms with Gasteiger partial charge in [-0.25, -0.2) is 0 Å². The molecule has 0 bridgehead atoms. The van der Waals surface area contributed by atoms with Gasteiger partial charge < -0.3 is 9.47 Å². The smallest absolute Gasteiger partial charge is 0.228 e. The first-order chi connectivity index (χ1) is 9.75. The molecule has 1 aliphatic rings. The number of rotatable bonds is 3. The quantitative estimate of drug-likeness (QED) is 0.870. The Morgan fingerprint density at radius 1 is 1.50 bits per heavy atom.